The molecule has 1 saturated heterocycles. The number of carbonyl (C=O) groups is 1. The summed E-state index contributed by atoms with van der Waals surface area (Å²) in [6.45, 7) is 1.03. The topological polar surface area (TPSA) is 29.5 Å². The van der Waals surface area contributed by atoms with E-state index >= 15 is 0 Å². The number of hydrogen-bond donors (Lipinski definition) is 0. The molecule has 2 fully saturated rings. The van der Waals surface area contributed by atoms with Crippen molar-refractivity contribution in [2.45, 2.75) is 50.7 Å². The lowest BCUT2D eigenvalue weighted by Crippen LogP contribution is -2.35. The van der Waals surface area contributed by atoms with Crippen molar-refractivity contribution in [3.05, 3.63) is 0 Å². The Balaban J connectivity index is 1.82. The molecule has 1 saturated carbocycles. The number of carbonyl (C=O) groups excluding carboxylic acids is 1. The SMILES string of the molecule is CN1CCCC1C(=O)OC1CCCC1. The second-order valence-electron chi connectivity index (χ2n) is 4.48. The zero-order valence-corrected chi connectivity index (χ0v) is 8.87. The molecule has 0 spiro atoms. The third kappa shape index (κ3) is 2.08. The first-order valence-electron chi connectivity index (χ1n) is 5.68. The van der Waals surface area contributed by atoms with E-state index in [9.17, 15) is 4.79 Å². The average Bonchev–Trinajstić information content (AvgIpc) is 2.75. The van der Waals surface area contributed by atoms with Crippen LogP contribution < -0.4 is 0 Å². The summed E-state index contributed by atoms with van der Waals surface area (Å²) in [7, 11) is 2.01. The first-order chi connectivity index (χ1) is 6.77. The number of esters is 1. The summed E-state index contributed by atoms with van der Waals surface area (Å²) >= 11 is 0. The summed E-state index contributed by atoms with van der Waals surface area (Å²) in [5.74, 6) is 0.0110. The molecule has 3 nitrogen and oxygen atoms in total. The Labute approximate surface area is 85.4 Å². The van der Waals surface area contributed by atoms with Gasteiger partial charge in [0, 0.05) is 0 Å². The molecule has 0 amide bonds. The molecular weight excluding hydrogens is 178 g/mol. The highest BCUT2D eigenvalue weighted by molar-refractivity contribution is 5.76. The third-order valence-electron chi connectivity index (χ3n) is 3.38. The van der Waals surface area contributed by atoms with E-state index in [-0.39, 0.29) is 18.1 Å². The van der Waals surface area contributed by atoms with E-state index in [1.807, 2.05) is 7.05 Å². The van der Waals surface area contributed by atoms with Crippen molar-refractivity contribution in [1.82, 2.24) is 4.90 Å². The summed E-state index contributed by atoms with van der Waals surface area (Å²) in [4.78, 5) is 13.9. The van der Waals surface area contributed by atoms with Gasteiger partial charge in [-0.05, 0) is 52.1 Å². The minimum absolute atomic E-state index is 0.0110. The Morgan fingerprint density at radius 3 is 2.50 bits per heavy atom. The number of rotatable bonds is 2. The highest BCUT2D eigenvalue weighted by Gasteiger charge is 2.31. The van der Waals surface area contributed by atoms with Gasteiger partial charge in [0.1, 0.15) is 12.1 Å². The van der Waals surface area contributed by atoms with Crippen LogP contribution in [0.1, 0.15) is 38.5 Å². The zero-order chi connectivity index (χ0) is 9.97. The second kappa shape index (κ2) is 4.30. The molecule has 1 aliphatic heterocycles. The number of ether oxygens (including phenoxy) is 1. The monoisotopic (exact) mass is 197 g/mol. The van der Waals surface area contributed by atoms with E-state index in [0.29, 0.717) is 0 Å². The van der Waals surface area contributed by atoms with Crippen molar-refractivity contribution in [2.75, 3.05) is 13.6 Å². The molecule has 0 bridgehead atoms. The summed E-state index contributed by atoms with van der Waals surface area (Å²) in [6.07, 6.45) is 6.90. The molecule has 80 valence electrons. The van der Waals surface area contributed by atoms with E-state index in [1.54, 1.807) is 0 Å². The number of nitrogens with zero attached hydrogens (tertiary/aromatic N) is 1. The van der Waals surface area contributed by atoms with E-state index in [4.69, 9.17) is 4.74 Å². The van der Waals surface area contributed by atoms with E-state index in [2.05, 4.69) is 4.90 Å². The van der Waals surface area contributed by atoms with Crippen LogP contribution in [0.25, 0.3) is 0 Å². The van der Waals surface area contributed by atoms with Gasteiger partial charge in [0.15, 0.2) is 0 Å². The van der Waals surface area contributed by atoms with E-state index < -0.39 is 0 Å². The Morgan fingerprint density at radius 2 is 1.93 bits per heavy atom. The second-order valence-corrected chi connectivity index (χ2v) is 4.48. The van der Waals surface area contributed by atoms with Crippen molar-refractivity contribution in [1.29, 1.82) is 0 Å². The molecule has 1 atom stereocenters. The van der Waals surface area contributed by atoms with Crippen LogP contribution >= 0.6 is 0 Å². The van der Waals surface area contributed by atoms with Gasteiger partial charge < -0.3 is 4.74 Å². The van der Waals surface area contributed by atoms with Crippen LogP contribution in [0.4, 0.5) is 0 Å². The number of likely N-dealkylation sites (N-methyl/N-ethyl adjacent to an activating group) is 1. The van der Waals surface area contributed by atoms with Crippen LogP contribution in [0.2, 0.25) is 0 Å². The molecule has 0 aromatic heterocycles. The van der Waals surface area contributed by atoms with Crippen LogP contribution in [-0.4, -0.2) is 36.6 Å². The Morgan fingerprint density at radius 1 is 1.21 bits per heavy atom. The lowest BCUT2D eigenvalue weighted by atomic mass is 10.2. The van der Waals surface area contributed by atoms with Crippen molar-refractivity contribution < 1.29 is 9.53 Å². The standard InChI is InChI=1S/C11H19NO2/c1-12-8-4-7-10(12)11(13)14-9-5-2-3-6-9/h9-10H,2-8H2,1H3. The lowest BCUT2D eigenvalue weighted by molar-refractivity contribution is -0.153. The fraction of sp³-hybridized carbons (Fsp3) is 0.909. The van der Waals surface area contributed by atoms with E-state index in [1.165, 1.54) is 12.8 Å². The first-order valence-corrected chi connectivity index (χ1v) is 5.68. The minimum atomic E-state index is 0.0110. The fourth-order valence-electron chi connectivity index (χ4n) is 2.46. The average molecular weight is 197 g/mol. The van der Waals surface area contributed by atoms with Crippen LogP contribution in [-0.2, 0) is 9.53 Å². The maximum Gasteiger partial charge on any atom is 0.323 e. The molecule has 14 heavy (non-hydrogen) atoms. The van der Waals surface area contributed by atoms with Gasteiger partial charge in [0.25, 0.3) is 0 Å². The maximum atomic E-state index is 11.7. The highest BCUT2D eigenvalue weighted by atomic mass is 16.5. The van der Waals surface area contributed by atoms with Gasteiger partial charge in [-0.3, -0.25) is 9.69 Å². The predicted octanol–water partition coefficient (Wildman–Crippen LogP) is 1.57. The number of likely N-dealkylation sites (tertiary alicyclic amines) is 1. The Kier molecular flexibility index (Phi) is 3.06. The molecule has 2 aliphatic rings. The lowest BCUT2D eigenvalue weighted by Gasteiger charge is -2.20. The van der Waals surface area contributed by atoms with Gasteiger partial charge in [-0.2, -0.15) is 0 Å². The maximum absolute atomic E-state index is 11.7. The normalized spacial score (nSPS) is 29.6. The molecule has 1 unspecified atom stereocenters. The molecule has 0 aromatic rings. The summed E-state index contributed by atoms with van der Waals surface area (Å²) in [6, 6.07) is 0.0376. The quantitative estimate of drug-likeness (QED) is 0.629. The molecule has 1 aliphatic carbocycles. The predicted molar refractivity (Wildman–Crippen MR) is 54.0 cm³/mol. The first kappa shape index (κ1) is 9.97. The Hall–Kier alpha value is -0.570. The van der Waals surface area contributed by atoms with Crippen molar-refractivity contribution in [3.8, 4) is 0 Å². The highest BCUT2D eigenvalue weighted by Crippen LogP contribution is 2.23. The van der Waals surface area contributed by atoms with E-state index in [0.717, 1.165) is 32.2 Å². The van der Waals surface area contributed by atoms with Crippen molar-refractivity contribution >= 4 is 5.97 Å². The van der Waals surface area contributed by atoms with Crippen molar-refractivity contribution in [3.63, 3.8) is 0 Å². The van der Waals surface area contributed by atoms with Gasteiger partial charge in [-0.1, -0.05) is 0 Å². The molecule has 1 heterocycles. The van der Waals surface area contributed by atoms with Crippen molar-refractivity contribution in [2.24, 2.45) is 0 Å². The molecular formula is C11H19NO2. The molecule has 0 radical (unpaired) electrons. The summed E-state index contributed by atoms with van der Waals surface area (Å²) in [5.41, 5.74) is 0. The summed E-state index contributed by atoms with van der Waals surface area (Å²) < 4.78 is 5.49. The summed E-state index contributed by atoms with van der Waals surface area (Å²) in [5, 5.41) is 0. The van der Waals surface area contributed by atoms with Crippen LogP contribution in [0, 0.1) is 0 Å². The van der Waals surface area contributed by atoms with Gasteiger partial charge in [0.05, 0.1) is 0 Å². The zero-order valence-electron chi connectivity index (χ0n) is 8.87. The molecule has 3 heteroatoms. The smallest absolute Gasteiger partial charge is 0.323 e. The van der Waals surface area contributed by atoms with Gasteiger partial charge in [0.2, 0.25) is 0 Å². The van der Waals surface area contributed by atoms with Crippen LogP contribution in [0.5, 0.6) is 0 Å². The third-order valence-corrected chi connectivity index (χ3v) is 3.38. The number of hydrogen-bond acceptors (Lipinski definition) is 3. The Bertz CT molecular complexity index is 211. The van der Waals surface area contributed by atoms with Gasteiger partial charge >= 0.3 is 5.97 Å². The fourth-order valence-corrected chi connectivity index (χ4v) is 2.46. The van der Waals surface area contributed by atoms with Gasteiger partial charge in [-0.15, -0.1) is 0 Å². The minimum Gasteiger partial charge on any atom is -0.461 e. The molecule has 0 N–H and O–H groups in total. The van der Waals surface area contributed by atoms with Gasteiger partial charge in [-0.25, -0.2) is 0 Å². The molecule has 0 aromatic carbocycles. The van der Waals surface area contributed by atoms with Crippen LogP contribution in [0.3, 0.4) is 0 Å². The van der Waals surface area contributed by atoms with Crippen LogP contribution in [0.15, 0.2) is 0 Å². The largest absolute Gasteiger partial charge is 0.461 e. The molecule has 2 rings (SSSR count).